The van der Waals surface area contributed by atoms with E-state index in [-0.39, 0.29) is 11.7 Å². The van der Waals surface area contributed by atoms with Gasteiger partial charge in [-0.25, -0.2) is 4.79 Å². The van der Waals surface area contributed by atoms with Gasteiger partial charge in [0.05, 0.1) is 17.9 Å². The molecule has 4 nitrogen and oxygen atoms in total. The van der Waals surface area contributed by atoms with E-state index in [9.17, 15) is 9.59 Å². The van der Waals surface area contributed by atoms with Crippen LogP contribution < -0.4 is 5.32 Å². The monoisotopic (exact) mass is 321 g/mol. The van der Waals surface area contributed by atoms with Gasteiger partial charge >= 0.3 is 5.97 Å². The minimum Gasteiger partial charge on any atom is -0.467 e. The zero-order valence-electron chi connectivity index (χ0n) is 10.4. The van der Waals surface area contributed by atoms with Crippen LogP contribution in [0.15, 0.2) is 23.1 Å². The Kier molecular flexibility index (Phi) is 6.48. The second-order valence-corrected chi connectivity index (χ2v) is 5.54. The van der Waals surface area contributed by atoms with Crippen LogP contribution in [0.2, 0.25) is 10.0 Å². The number of hydrogen-bond donors (Lipinski definition) is 1. The molecule has 1 rings (SSSR count). The predicted molar refractivity (Wildman–Crippen MR) is 76.8 cm³/mol. The minimum absolute atomic E-state index is 0.140. The fourth-order valence-electron chi connectivity index (χ4n) is 1.25. The molecule has 0 spiro atoms. The van der Waals surface area contributed by atoms with Crippen molar-refractivity contribution in [3.05, 3.63) is 28.2 Å². The molecule has 0 aromatic heterocycles. The quantitative estimate of drug-likeness (QED) is 0.669. The highest BCUT2D eigenvalue weighted by Gasteiger charge is 2.16. The highest BCUT2D eigenvalue weighted by Crippen LogP contribution is 2.29. The molecule has 0 aliphatic rings. The molecule has 0 radical (unpaired) electrons. The lowest BCUT2D eigenvalue weighted by Gasteiger charge is -2.11. The standard InChI is InChI=1S/C12H13Cl2NO3S/c1-7(12(17)18-2)15-11(16)6-19-10-5-8(13)3-4-9(10)14/h3-5,7H,6H2,1-2H3,(H,15,16). The molecule has 1 aromatic rings. The smallest absolute Gasteiger partial charge is 0.328 e. The van der Waals surface area contributed by atoms with Crippen molar-refractivity contribution in [2.45, 2.75) is 17.9 Å². The lowest BCUT2D eigenvalue weighted by Crippen LogP contribution is -2.40. The molecule has 104 valence electrons. The zero-order valence-corrected chi connectivity index (χ0v) is 12.7. The number of carbonyl (C=O) groups is 2. The summed E-state index contributed by atoms with van der Waals surface area (Å²) in [7, 11) is 1.27. The number of benzene rings is 1. The summed E-state index contributed by atoms with van der Waals surface area (Å²) in [6.07, 6.45) is 0. The number of ether oxygens (including phenoxy) is 1. The van der Waals surface area contributed by atoms with Gasteiger partial charge in [0.2, 0.25) is 5.91 Å². The van der Waals surface area contributed by atoms with E-state index in [0.29, 0.717) is 10.0 Å². The number of amides is 1. The van der Waals surface area contributed by atoms with Crippen LogP contribution in [0.5, 0.6) is 0 Å². The maximum absolute atomic E-state index is 11.6. The second kappa shape index (κ2) is 7.62. The first-order valence-corrected chi connectivity index (χ1v) is 7.13. The SMILES string of the molecule is COC(=O)C(C)NC(=O)CSc1cc(Cl)ccc1Cl. The van der Waals surface area contributed by atoms with E-state index in [0.717, 1.165) is 4.90 Å². The predicted octanol–water partition coefficient (Wildman–Crippen LogP) is 2.76. The van der Waals surface area contributed by atoms with Gasteiger partial charge in [0, 0.05) is 9.92 Å². The molecule has 0 saturated carbocycles. The molecule has 19 heavy (non-hydrogen) atoms. The van der Waals surface area contributed by atoms with Gasteiger partial charge in [-0.05, 0) is 25.1 Å². The third-order valence-corrected chi connectivity index (χ3v) is 3.92. The van der Waals surface area contributed by atoms with Crippen LogP contribution in [0.1, 0.15) is 6.92 Å². The number of hydrogen-bond acceptors (Lipinski definition) is 4. The number of nitrogens with one attached hydrogen (secondary N) is 1. The molecule has 7 heteroatoms. The molecule has 1 N–H and O–H groups in total. The molecule has 0 aliphatic heterocycles. The van der Waals surface area contributed by atoms with Crippen molar-refractivity contribution >= 4 is 46.8 Å². The first kappa shape index (κ1) is 16.1. The third-order valence-electron chi connectivity index (χ3n) is 2.18. The van der Waals surface area contributed by atoms with Crippen LogP contribution in [0.3, 0.4) is 0 Å². The largest absolute Gasteiger partial charge is 0.467 e. The lowest BCUT2D eigenvalue weighted by atomic mass is 10.3. The Balaban J connectivity index is 2.50. The van der Waals surface area contributed by atoms with Crippen molar-refractivity contribution in [3.8, 4) is 0 Å². The summed E-state index contributed by atoms with van der Waals surface area (Å²) >= 11 is 13.1. The van der Waals surface area contributed by atoms with Crippen molar-refractivity contribution in [1.29, 1.82) is 0 Å². The van der Waals surface area contributed by atoms with Crippen LogP contribution in [0, 0.1) is 0 Å². The molecule has 1 unspecified atom stereocenters. The number of thioether (sulfide) groups is 1. The Labute approximate surface area is 125 Å². The molecule has 0 heterocycles. The Morgan fingerprint density at radius 1 is 1.42 bits per heavy atom. The van der Waals surface area contributed by atoms with E-state index in [4.69, 9.17) is 23.2 Å². The summed E-state index contributed by atoms with van der Waals surface area (Å²) in [5.41, 5.74) is 0. The fraction of sp³-hybridized carbons (Fsp3) is 0.333. The van der Waals surface area contributed by atoms with Crippen molar-refractivity contribution in [3.63, 3.8) is 0 Å². The summed E-state index contributed by atoms with van der Waals surface area (Å²) in [5, 5.41) is 3.61. The van der Waals surface area contributed by atoms with Crippen molar-refractivity contribution in [2.24, 2.45) is 0 Å². The molecule has 0 saturated heterocycles. The average Bonchev–Trinajstić information content (AvgIpc) is 2.38. The number of halogens is 2. The summed E-state index contributed by atoms with van der Waals surface area (Å²) < 4.78 is 4.51. The van der Waals surface area contributed by atoms with Crippen LogP contribution in [0.4, 0.5) is 0 Å². The van der Waals surface area contributed by atoms with Gasteiger partial charge in [-0.15, -0.1) is 11.8 Å². The zero-order chi connectivity index (χ0) is 14.4. The highest BCUT2D eigenvalue weighted by molar-refractivity contribution is 8.00. The van der Waals surface area contributed by atoms with Crippen LogP contribution >= 0.6 is 35.0 Å². The van der Waals surface area contributed by atoms with Gasteiger partial charge in [0.1, 0.15) is 6.04 Å². The van der Waals surface area contributed by atoms with Gasteiger partial charge < -0.3 is 10.1 Å². The minimum atomic E-state index is -0.673. The average molecular weight is 322 g/mol. The third kappa shape index (κ3) is 5.30. The van der Waals surface area contributed by atoms with Gasteiger partial charge in [-0.2, -0.15) is 0 Å². The molecule has 0 aliphatic carbocycles. The van der Waals surface area contributed by atoms with E-state index in [1.165, 1.54) is 18.9 Å². The molecule has 1 amide bonds. The Morgan fingerprint density at radius 2 is 2.11 bits per heavy atom. The highest BCUT2D eigenvalue weighted by atomic mass is 35.5. The molecule has 1 atom stereocenters. The first-order valence-electron chi connectivity index (χ1n) is 5.39. The summed E-state index contributed by atoms with van der Waals surface area (Å²) in [5.74, 6) is -0.625. The summed E-state index contributed by atoms with van der Waals surface area (Å²) in [6, 6.07) is 4.35. The Morgan fingerprint density at radius 3 is 2.74 bits per heavy atom. The first-order chi connectivity index (χ1) is 8.93. The molecule has 1 aromatic carbocycles. The number of carbonyl (C=O) groups excluding carboxylic acids is 2. The number of methoxy groups -OCH3 is 1. The van der Waals surface area contributed by atoms with Gasteiger partial charge in [0.15, 0.2) is 0 Å². The van der Waals surface area contributed by atoms with Crippen molar-refractivity contribution in [1.82, 2.24) is 5.32 Å². The van der Waals surface area contributed by atoms with E-state index in [1.54, 1.807) is 25.1 Å². The summed E-state index contributed by atoms with van der Waals surface area (Å²) in [6.45, 7) is 1.56. The van der Waals surface area contributed by atoms with Gasteiger partial charge in [0.25, 0.3) is 0 Å². The van der Waals surface area contributed by atoms with Gasteiger partial charge in [-0.3, -0.25) is 4.79 Å². The summed E-state index contributed by atoms with van der Waals surface area (Å²) in [4.78, 5) is 23.5. The fourth-order valence-corrected chi connectivity index (χ4v) is 2.55. The lowest BCUT2D eigenvalue weighted by molar-refractivity contribution is -0.144. The maximum Gasteiger partial charge on any atom is 0.328 e. The van der Waals surface area contributed by atoms with Gasteiger partial charge in [-0.1, -0.05) is 23.2 Å². The van der Waals surface area contributed by atoms with Crippen molar-refractivity contribution in [2.75, 3.05) is 12.9 Å². The van der Waals surface area contributed by atoms with E-state index >= 15 is 0 Å². The molecule has 0 bridgehead atoms. The Hall–Kier alpha value is -0.910. The maximum atomic E-state index is 11.6. The molecule has 0 fully saturated rings. The number of rotatable bonds is 5. The normalized spacial score (nSPS) is 11.8. The molecular formula is C12H13Cl2NO3S. The Bertz CT molecular complexity index is 482. The van der Waals surface area contributed by atoms with Crippen LogP contribution in [-0.4, -0.2) is 30.8 Å². The van der Waals surface area contributed by atoms with E-state index < -0.39 is 12.0 Å². The second-order valence-electron chi connectivity index (χ2n) is 3.68. The van der Waals surface area contributed by atoms with Crippen molar-refractivity contribution < 1.29 is 14.3 Å². The number of esters is 1. The topological polar surface area (TPSA) is 55.4 Å². The van der Waals surface area contributed by atoms with E-state index in [1.807, 2.05) is 0 Å². The van der Waals surface area contributed by atoms with E-state index in [2.05, 4.69) is 10.1 Å². The molecular weight excluding hydrogens is 309 g/mol. The van der Waals surface area contributed by atoms with Crippen LogP contribution in [-0.2, 0) is 14.3 Å². The van der Waals surface area contributed by atoms with Crippen LogP contribution in [0.25, 0.3) is 0 Å².